The van der Waals surface area contributed by atoms with E-state index in [1.54, 1.807) is 47.4 Å². The zero-order valence-corrected chi connectivity index (χ0v) is 16.3. The number of carbonyl (C=O) groups excluding carboxylic acids is 1. The van der Waals surface area contributed by atoms with Crippen molar-refractivity contribution in [3.8, 4) is 11.3 Å². The molecule has 0 aliphatic carbocycles. The molecule has 5 aromatic rings. The van der Waals surface area contributed by atoms with Crippen molar-refractivity contribution in [1.82, 2.24) is 29.5 Å². The van der Waals surface area contributed by atoms with Gasteiger partial charge in [0.05, 0.1) is 24.3 Å². The first kappa shape index (κ1) is 18.4. The first-order chi connectivity index (χ1) is 14.7. The molecule has 0 aliphatic rings. The molecule has 0 saturated heterocycles. The first-order valence-corrected chi connectivity index (χ1v) is 10.1. The summed E-state index contributed by atoms with van der Waals surface area (Å²) in [6.45, 7) is 0.343. The van der Waals surface area contributed by atoms with Crippen LogP contribution in [0.15, 0.2) is 70.7 Å². The average molecular weight is 422 g/mol. The molecule has 5 rings (SSSR count). The highest BCUT2D eigenvalue weighted by Crippen LogP contribution is 2.24. The van der Waals surface area contributed by atoms with Gasteiger partial charge in [-0.2, -0.15) is 5.10 Å². The predicted molar refractivity (Wildman–Crippen MR) is 108 cm³/mol. The zero-order valence-electron chi connectivity index (χ0n) is 15.5. The second kappa shape index (κ2) is 7.64. The molecule has 8 nitrogen and oxygen atoms in total. The van der Waals surface area contributed by atoms with E-state index in [9.17, 15) is 9.18 Å². The lowest BCUT2D eigenvalue weighted by Gasteiger charge is -2.03. The van der Waals surface area contributed by atoms with E-state index in [0.717, 1.165) is 11.1 Å². The summed E-state index contributed by atoms with van der Waals surface area (Å²) in [6, 6.07) is 11.6. The minimum absolute atomic E-state index is 0.128. The number of carbonyl (C=O) groups is 1. The molecular formula is C20H15FN6O2S. The van der Waals surface area contributed by atoms with Gasteiger partial charge in [0, 0.05) is 18.0 Å². The largest absolute Gasteiger partial charge is 0.467 e. The van der Waals surface area contributed by atoms with Gasteiger partial charge in [0.1, 0.15) is 17.1 Å². The maximum absolute atomic E-state index is 13.2. The van der Waals surface area contributed by atoms with Crippen LogP contribution in [0.25, 0.3) is 22.4 Å². The number of benzene rings is 1. The lowest BCUT2D eigenvalue weighted by molar-refractivity contribution is -0.118. The number of hydrogen-bond donors (Lipinski definition) is 1. The summed E-state index contributed by atoms with van der Waals surface area (Å²) >= 11 is 1.29. The van der Waals surface area contributed by atoms with Crippen molar-refractivity contribution in [2.75, 3.05) is 5.75 Å². The van der Waals surface area contributed by atoms with E-state index in [0.29, 0.717) is 28.8 Å². The highest BCUT2D eigenvalue weighted by molar-refractivity contribution is 7.99. The molecule has 0 radical (unpaired) electrons. The minimum Gasteiger partial charge on any atom is -0.467 e. The maximum atomic E-state index is 13.2. The van der Waals surface area contributed by atoms with E-state index in [2.05, 4.69) is 20.6 Å². The molecule has 4 aromatic heterocycles. The molecule has 30 heavy (non-hydrogen) atoms. The van der Waals surface area contributed by atoms with Crippen molar-refractivity contribution in [3.05, 3.63) is 72.7 Å². The number of furan rings is 1. The molecule has 0 bridgehead atoms. The summed E-state index contributed by atoms with van der Waals surface area (Å²) in [4.78, 5) is 12.1. The van der Waals surface area contributed by atoms with Crippen LogP contribution < -0.4 is 5.32 Å². The quantitative estimate of drug-likeness (QED) is 0.423. The molecule has 1 N–H and O–H groups in total. The summed E-state index contributed by atoms with van der Waals surface area (Å²) in [5.74, 6) is 0.475. The molecule has 0 saturated carbocycles. The van der Waals surface area contributed by atoms with Crippen LogP contribution in [0, 0.1) is 5.82 Å². The fourth-order valence-corrected chi connectivity index (χ4v) is 3.78. The zero-order chi connectivity index (χ0) is 20.5. The fourth-order valence-electron chi connectivity index (χ4n) is 3.03. The van der Waals surface area contributed by atoms with Gasteiger partial charge in [-0.25, -0.2) is 8.91 Å². The first-order valence-electron chi connectivity index (χ1n) is 9.08. The van der Waals surface area contributed by atoms with Crippen LogP contribution >= 0.6 is 11.8 Å². The van der Waals surface area contributed by atoms with E-state index < -0.39 is 0 Å². The molecule has 0 aliphatic heterocycles. The Hall–Kier alpha value is -3.66. The predicted octanol–water partition coefficient (Wildman–Crippen LogP) is 3.18. The lowest BCUT2D eigenvalue weighted by Crippen LogP contribution is -2.24. The highest BCUT2D eigenvalue weighted by Gasteiger charge is 2.14. The Morgan fingerprint density at radius 1 is 1.17 bits per heavy atom. The van der Waals surface area contributed by atoms with Gasteiger partial charge in [-0.15, -0.1) is 10.2 Å². The number of halogens is 1. The van der Waals surface area contributed by atoms with E-state index in [4.69, 9.17) is 4.42 Å². The van der Waals surface area contributed by atoms with Crippen molar-refractivity contribution in [3.63, 3.8) is 0 Å². The van der Waals surface area contributed by atoms with Gasteiger partial charge in [0.25, 0.3) is 0 Å². The number of fused-ring (bicyclic) bond motifs is 3. The summed E-state index contributed by atoms with van der Waals surface area (Å²) in [5.41, 5.74) is 2.90. The Kier molecular flexibility index (Phi) is 4.68. The van der Waals surface area contributed by atoms with Gasteiger partial charge in [-0.05, 0) is 42.5 Å². The number of hydrogen-bond acceptors (Lipinski definition) is 6. The van der Waals surface area contributed by atoms with Gasteiger partial charge in [-0.1, -0.05) is 11.8 Å². The van der Waals surface area contributed by atoms with Gasteiger partial charge < -0.3 is 9.73 Å². The monoisotopic (exact) mass is 422 g/mol. The topological polar surface area (TPSA) is 89.7 Å². The Labute approximate surface area is 173 Å². The van der Waals surface area contributed by atoms with Crippen LogP contribution in [-0.2, 0) is 11.3 Å². The van der Waals surface area contributed by atoms with E-state index in [-0.39, 0.29) is 17.5 Å². The molecule has 1 aromatic carbocycles. The number of rotatable bonds is 6. The van der Waals surface area contributed by atoms with Gasteiger partial charge in [0.2, 0.25) is 5.91 Å². The number of nitrogens with one attached hydrogen (secondary N) is 1. The van der Waals surface area contributed by atoms with Crippen molar-refractivity contribution in [2.24, 2.45) is 0 Å². The van der Waals surface area contributed by atoms with E-state index >= 15 is 0 Å². The molecular weight excluding hydrogens is 407 g/mol. The third-order valence-corrected chi connectivity index (χ3v) is 5.44. The van der Waals surface area contributed by atoms with Gasteiger partial charge >= 0.3 is 0 Å². The smallest absolute Gasteiger partial charge is 0.230 e. The van der Waals surface area contributed by atoms with E-state index in [1.165, 1.54) is 23.9 Å². The third kappa shape index (κ3) is 3.52. The van der Waals surface area contributed by atoms with Gasteiger partial charge in [0.15, 0.2) is 10.8 Å². The standard InChI is InChI=1S/C20H15FN6O2S/c21-14-5-3-13(4-6-14)16-10-17-19-23-24-20(26(19)7-8-27(17)25-16)30-12-18(28)22-11-15-2-1-9-29-15/h1-10H,11-12H2,(H,22,28). The maximum Gasteiger partial charge on any atom is 0.230 e. The van der Waals surface area contributed by atoms with Crippen LogP contribution in [0.1, 0.15) is 5.76 Å². The van der Waals surface area contributed by atoms with Crippen LogP contribution in [0.4, 0.5) is 4.39 Å². The number of nitrogens with zero attached hydrogens (tertiary/aromatic N) is 5. The summed E-state index contributed by atoms with van der Waals surface area (Å²) < 4.78 is 21.9. The summed E-state index contributed by atoms with van der Waals surface area (Å²) in [6.07, 6.45) is 5.16. The van der Waals surface area contributed by atoms with Crippen molar-refractivity contribution in [2.45, 2.75) is 11.7 Å². The molecule has 4 heterocycles. The van der Waals surface area contributed by atoms with Crippen molar-refractivity contribution >= 4 is 28.8 Å². The number of amides is 1. The average Bonchev–Trinajstić information content (AvgIpc) is 3.50. The van der Waals surface area contributed by atoms with Crippen LogP contribution in [-0.4, -0.2) is 35.9 Å². The Balaban J connectivity index is 1.35. The second-order valence-corrected chi connectivity index (χ2v) is 7.43. The molecule has 0 atom stereocenters. The van der Waals surface area contributed by atoms with Crippen molar-refractivity contribution < 1.29 is 13.6 Å². The summed E-state index contributed by atoms with van der Waals surface area (Å²) in [7, 11) is 0. The fraction of sp³-hybridized carbons (Fsp3) is 0.100. The SMILES string of the molecule is O=C(CSc1nnc2c3cc(-c4ccc(F)cc4)nn3ccn12)NCc1ccco1. The number of thioether (sulfide) groups is 1. The Morgan fingerprint density at radius 3 is 2.83 bits per heavy atom. The summed E-state index contributed by atoms with van der Waals surface area (Å²) in [5, 5.41) is 16.4. The number of aromatic nitrogens is 5. The molecule has 0 spiro atoms. The van der Waals surface area contributed by atoms with Gasteiger partial charge in [-0.3, -0.25) is 9.20 Å². The van der Waals surface area contributed by atoms with Crippen LogP contribution in [0.3, 0.4) is 0 Å². The molecule has 0 fully saturated rings. The third-order valence-electron chi connectivity index (χ3n) is 4.50. The van der Waals surface area contributed by atoms with Crippen LogP contribution in [0.5, 0.6) is 0 Å². The molecule has 0 unspecified atom stereocenters. The molecule has 150 valence electrons. The van der Waals surface area contributed by atoms with Crippen LogP contribution in [0.2, 0.25) is 0 Å². The Bertz CT molecular complexity index is 1330. The minimum atomic E-state index is -0.294. The Morgan fingerprint density at radius 2 is 2.03 bits per heavy atom. The van der Waals surface area contributed by atoms with E-state index in [1.807, 2.05) is 10.5 Å². The lowest BCUT2D eigenvalue weighted by atomic mass is 10.1. The normalized spacial score (nSPS) is 11.4. The second-order valence-electron chi connectivity index (χ2n) is 6.49. The molecule has 10 heteroatoms. The van der Waals surface area contributed by atoms with Crippen molar-refractivity contribution in [1.29, 1.82) is 0 Å². The highest BCUT2D eigenvalue weighted by atomic mass is 32.2. The molecule has 1 amide bonds.